The highest BCUT2D eigenvalue weighted by molar-refractivity contribution is 6.33. The van der Waals surface area contributed by atoms with Gasteiger partial charge in [0.2, 0.25) is 0 Å². The van der Waals surface area contributed by atoms with Gasteiger partial charge in [0.15, 0.2) is 11.5 Å². The number of phenols is 2. The second kappa shape index (κ2) is 6.59. The Labute approximate surface area is 143 Å². The van der Waals surface area contributed by atoms with E-state index in [4.69, 9.17) is 22.1 Å². The number of hydrogen-bond acceptors (Lipinski definition) is 5. The summed E-state index contributed by atoms with van der Waals surface area (Å²) in [6, 6.07) is 8.54. The smallest absolute Gasteiger partial charge is 0.409 e. The topological polar surface area (TPSA) is 105 Å². The van der Waals surface area contributed by atoms with E-state index in [2.05, 4.69) is 5.32 Å². The molecule has 1 atom stereocenters. The maximum Gasteiger partial charge on any atom is 0.409 e. The minimum absolute atomic E-state index is 0.0610. The van der Waals surface area contributed by atoms with Gasteiger partial charge in [0, 0.05) is 12.5 Å². The number of ether oxygens (including phenoxy) is 1. The number of primary amides is 1. The largest absolute Gasteiger partial charge is 0.504 e. The van der Waals surface area contributed by atoms with E-state index in [1.54, 1.807) is 18.2 Å². The summed E-state index contributed by atoms with van der Waals surface area (Å²) in [4.78, 5) is 10.8. The van der Waals surface area contributed by atoms with Gasteiger partial charge in [0.25, 0.3) is 0 Å². The third-order valence-electron chi connectivity index (χ3n) is 4.13. The van der Waals surface area contributed by atoms with E-state index in [-0.39, 0.29) is 22.4 Å². The summed E-state index contributed by atoms with van der Waals surface area (Å²) in [5.41, 5.74) is 7.64. The Hall–Kier alpha value is -2.44. The number of benzene rings is 2. The Balaban J connectivity index is 2.02. The van der Waals surface area contributed by atoms with Gasteiger partial charge < -0.3 is 26.0 Å². The quantitative estimate of drug-likeness (QED) is 0.624. The molecule has 7 heteroatoms. The highest BCUT2D eigenvalue weighted by Gasteiger charge is 2.25. The van der Waals surface area contributed by atoms with Crippen LogP contribution in [0.15, 0.2) is 30.3 Å². The lowest BCUT2D eigenvalue weighted by Crippen LogP contribution is -2.21. The predicted molar refractivity (Wildman–Crippen MR) is 89.9 cm³/mol. The van der Waals surface area contributed by atoms with Crippen LogP contribution in [-0.4, -0.2) is 29.4 Å². The summed E-state index contributed by atoms with van der Waals surface area (Å²) in [6.07, 6.45) is -0.210. The number of phenolic OH excluding ortho intramolecular Hbond substituents is 2. The normalized spacial score (nSPS) is 17.0. The van der Waals surface area contributed by atoms with Crippen LogP contribution in [0.1, 0.15) is 22.6 Å². The fraction of sp³-hybridized carbons (Fsp3) is 0.235. The van der Waals surface area contributed by atoms with Gasteiger partial charge in [-0.3, -0.25) is 0 Å². The fourth-order valence-corrected chi connectivity index (χ4v) is 3.30. The van der Waals surface area contributed by atoms with Crippen molar-refractivity contribution in [2.45, 2.75) is 12.3 Å². The molecule has 2 aromatic carbocycles. The summed E-state index contributed by atoms with van der Waals surface area (Å²) in [6.45, 7) is 1.37. The van der Waals surface area contributed by atoms with Gasteiger partial charge in [0.05, 0.1) is 5.02 Å². The Morgan fingerprint density at radius 2 is 2.00 bits per heavy atom. The summed E-state index contributed by atoms with van der Waals surface area (Å²) >= 11 is 6.22. The summed E-state index contributed by atoms with van der Waals surface area (Å²) in [5.74, 6) is -0.227. The van der Waals surface area contributed by atoms with Gasteiger partial charge in [-0.25, -0.2) is 4.79 Å². The molecule has 0 radical (unpaired) electrons. The Bertz CT molecular complexity index is 777. The van der Waals surface area contributed by atoms with Crippen LogP contribution in [0.3, 0.4) is 0 Å². The fourth-order valence-electron chi connectivity index (χ4n) is 3.00. The zero-order valence-corrected chi connectivity index (χ0v) is 13.5. The molecule has 5 N–H and O–H groups in total. The first-order chi connectivity index (χ1) is 11.5. The maximum absolute atomic E-state index is 10.8. The SMILES string of the molecule is NC(=O)Oc1ccc(C2CNCCc3c2cc(O)c(O)c3Cl)cc1. The Morgan fingerprint density at radius 1 is 1.29 bits per heavy atom. The van der Waals surface area contributed by atoms with Crippen molar-refractivity contribution in [2.75, 3.05) is 13.1 Å². The highest BCUT2D eigenvalue weighted by Crippen LogP contribution is 2.42. The number of fused-ring (bicyclic) bond motifs is 1. The number of carbonyl (C=O) groups is 1. The van der Waals surface area contributed by atoms with E-state index in [9.17, 15) is 15.0 Å². The van der Waals surface area contributed by atoms with Crippen LogP contribution in [0.2, 0.25) is 5.02 Å². The van der Waals surface area contributed by atoms with Crippen molar-refractivity contribution in [1.82, 2.24) is 5.32 Å². The molecule has 1 aliphatic heterocycles. The molecule has 1 unspecified atom stereocenters. The molecule has 6 nitrogen and oxygen atoms in total. The van der Waals surface area contributed by atoms with Crippen molar-refractivity contribution < 1.29 is 19.7 Å². The molecular formula is C17H17ClN2O4. The molecule has 0 bridgehead atoms. The van der Waals surface area contributed by atoms with Gasteiger partial charge in [-0.15, -0.1) is 0 Å². The number of halogens is 1. The van der Waals surface area contributed by atoms with Crippen LogP contribution < -0.4 is 15.8 Å². The van der Waals surface area contributed by atoms with Crippen LogP contribution in [0.4, 0.5) is 4.79 Å². The van der Waals surface area contributed by atoms with Crippen LogP contribution in [0.25, 0.3) is 0 Å². The van der Waals surface area contributed by atoms with E-state index in [1.807, 2.05) is 12.1 Å². The maximum atomic E-state index is 10.8. The van der Waals surface area contributed by atoms with Crippen LogP contribution in [0, 0.1) is 0 Å². The second-order valence-electron chi connectivity index (χ2n) is 5.62. The average molecular weight is 349 g/mol. The molecule has 0 fully saturated rings. The van der Waals surface area contributed by atoms with Crippen LogP contribution in [0.5, 0.6) is 17.2 Å². The summed E-state index contributed by atoms with van der Waals surface area (Å²) in [7, 11) is 0. The lowest BCUT2D eigenvalue weighted by atomic mass is 9.87. The number of nitrogens with one attached hydrogen (secondary N) is 1. The first kappa shape index (κ1) is 16.4. The van der Waals surface area contributed by atoms with Crippen LogP contribution >= 0.6 is 11.6 Å². The molecule has 0 aliphatic carbocycles. The summed E-state index contributed by atoms with van der Waals surface area (Å²) in [5, 5.41) is 23.3. The zero-order chi connectivity index (χ0) is 17.3. The number of amides is 1. The molecule has 126 valence electrons. The zero-order valence-electron chi connectivity index (χ0n) is 12.8. The molecule has 1 aliphatic rings. The molecule has 24 heavy (non-hydrogen) atoms. The van der Waals surface area contributed by atoms with Crippen molar-refractivity contribution >= 4 is 17.7 Å². The molecule has 1 heterocycles. The minimum Gasteiger partial charge on any atom is -0.504 e. The minimum atomic E-state index is -0.864. The van der Waals surface area contributed by atoms with Crippen molar-refractivity contribution in [3.05, 3.63) is 52.0 Å². The van der Waals surface area contributed by atoms with Gasteiger partial charge in [-0.1, -0.05) is 23.7 Å². The molecule has 2 aromatic rings. The van der Waals surface area contributed by atoms with E-state index < -0.39 is 6.09 Å². The molecule has 0 aromatic heterocycles. The van der Waals surface area contributed by atoms with E-state index in [1.165, 1.54) is 0 Å². The molecule has 0 spiro atoms. The average Bonchev–Trinajstić information content (AvgIpc) is 2.76. The van der Waals surface area contributed by atoms with Crippen molar-refractivity contribution in [2.24, 2.45) is 5.73 Å². The predicted octanol–water partition coefficient (Wildman–Crippen LogP) is 2.49. The first-order valence-electron chi connectivity index (χ1n) is 7.48. The Morgan fingerprint density at radius 3 is 2.67 bits per heavy atom. The number of aromatic hydroxyl groups is 2. The van der Waals surface area contributed by atoms with Crippen molar-refractivity contribution in [3.8, 4) is 17.2 Å². The summed E-state index contributed by atoms with van der Waals surface area (Å²) < 4.78 is 4.83. The van der Waals surface area contributed by atoms with E-state index >= 15 is 0 Å². The molecule has 1 amide bonds. The number of carbonyl (C=O) groups excluding carboxylic acids is 1. The lowest BCUT2D eigenvalue weighted by Gasteiger charge is -2.20. The molecule has 0 saturated heterocycles. The van der Waals surface area contributed by atoms with Gasteiger partial charge in [0.1, 0.15) is 5.75 Å². The van der Waals surface area contributed by atoms with Gasteiger partial charge in [-0.2, -0.15) is 0 Å². The van der Waals surface area contributed by atoms with E-state index in [0.717, 1.165) is 23.2 Å². The van der Waals surface area contributed by atoms with Gasteiger partial charge in [-0.05, 0) is 47.9 Å². The van der Waals surface area contributed by atoms with Crippen molar-refractivity contribution in [1.29, 1.82) is 0 Å². The van der Waals surface area contributed by atoms with Crippen molar-refractivity contribution in [3.63, 3.8) is 0 Å². The lowest BCUT2D eigenvalue weighted by molar-refractivity contribution is 0.211. The number of rotatable bonds is 2. The molecule has 3 rings (SSSR count). The molecule has 0 saturated carbocycles. The van der Waals surface area contributed by atoms with Crippen LogP contribution in [-0.2, 0) is 6.42 Å². The third kappa shape index (κ3) is 3.11. The third-order valence-corrected chi connectivity index (χ3v) is 4.54. The van der Waals surface area contributed by atoms with E-state index in [0.29, 0.717) is 18.7 Å². The monoisotopic (exact) mass is 348 g/mol. The number of nitrogens with two attached hydrogens (primary N) is 1. The van der Waals surface area contributed by atoms with Gasteiger partial charge >= 0.3 is 6.09 Å². The number of hydrogen-bond donors (Lipinski definition) is 4. The first-order valence-corrected chi connectivity index (χ1v) is 7.86. The molecular weight excluding hydrogens is 332 g/mol. The Kier molecular flexibility index (Phi) is 4.51. The standard InChI is InChI=1S/C17H17ClN2O4/c18-15-11-5-6-20-8-13(12(11)7-14(21)16(15)22)9-1-3-10(4-2-9)24-17(19)23/h1-4,7,13,20-22H,5-6,8H2,(H2,19,23). The highest BCUT2D eigenvalue weighted by atomic mass is 35.5. The second-order valence-corrected chi connectivity index (χ2v) is 6.00.